The molecule has 1 N–H and O–H groups in total. The van der Waals surface area contributed by atoms with E-state index < -0.39 is 0 Å². The number of ether oxygens (including phenoxy) is 1. The third-order valence-corrected chi connectivity index (χ3v) is 6.64. The minimum atomic E-state index is -0.277. The lowest BCUT2D eigenvalue weighted by Gasteiger charge is -2.26. The molecule has 6 nitrogen and oxygen atoms in total. The van der Waals surface area contributed by atoms with Crippen molar-refractivity contribution < 1.29 is 14.3 Å². The van der Waals surface area contributed by atoms with Gasteiger partial charge in [0.15, 0.2) is 0 Å². The van der Waals surface area contributed by atoms with E-state index in [-0.39, 0.29) is 12.0 Å². The average molecular weight is 378 g/mol. The highest BCUT2D eigenvalue weighted by Crippen LogP contribution is 2.39. The smallest absolute Gasteiger partial charge is 0.409 e. The summed E-state index contributed by atoms with van der Waals surface area (Å²) in [6, 6.07) is 4.56. The van der Waals surface area contributed by atoms with Crippen molar-refractivity contribution in [3.05, 3.63) is 21.9 Å². The Kier molecular flexibility index (Phi) is 5.45. The molecule has 4 rings (SSSR count). The fraction of sp³-hybridized carbons (Fsp3) is 0.684. The fourth-order valence-corrected chi connectivity index (χ4v) is 4.94. The fourth-order valence-electron chi connectivity index (χ4n) is 3.84. The molecule has 2 amide bonds. The first-order valence-electron chi connectivity index (χ1n) is 9.74. The van der Waals surface area contributed by atoms with Gasteiger partial charge in [-0.2, -0.15) is 0 Å². The first-order chi connectivity index (χ1) is 12.7. The van der Waals surface area contributed by atoms with E-state index in [9.17, 15) is 9.59 Å². The van der Waals surface area contributed by atoms with Crippen LogP contribution in [0.1, 0.15) is 52.7 Å². The second kappa shape index (κ2) is 7.96. The minimum absolute atomic E-state index is 0.0432. The Morgan fingerprint density at radius 3 is 2.92 bits per heavy atom. The molecule has 1 aromatic heterocycles. The maximum Gasteiger partial charge on any atom is 0.409 e. The van der Waals surface area contributed by atoms with Gasteiger partial charge >= 0.3 is 6.09 Å². The van der Waals surface area contributed by atoms with Gasteiger partial charge in [-0.25, -0.2) is 4.79 Å². The molecule has 142 valence electrons. The number of hydrogen-bond donors (Lipinski definition) is 1. The highest BCUT2D eigenvalue weighted by molar-refractivity contribution is 7.14. The summed E-state index contributed by atoms with van der Waals surface area (Å²) in [5, 5.41) is 2.93. The minimum Gasteiger partial charge on any atom is -0.449 e. The molecule has 3 fully saturated rings. The van der Waals surface area contributed by atoms with Crippen LogP contribution >= 0.6 is 11.3 Å². The number of nitrogens with one attached hydrogen (secondary N) is 1. The Balaban J connectivity index is 1.28. The molecule has 1 aliphatic carbocycles. The molecular formula is C19H27N3O3S. The van der Waals surface area contributed by atoms with Gasteiger partial charge in [0.2, 0.25) is 0 Å². The lowest BCUT2D eigenvalue weighted by atomic mass is 10.2. The van der Waals surface area contributed by atoms with E-state index in [4.69, 9.17) is 4.74 Å². The first-order valence-corrected chi connectivity index (χ1v) is 10.6. The van der Waals surface area contributed by atoms with Gasteiger partial charge in [0.25, 0.3) is 5.91 Å². The Bertz CT molecular complexity index is 658. The van der Waals surface area contributed by atoms with Gasteiger partial charge in [-0.15, -0.1) is 11.3 Å². The van der Waals surface area contributed by atoms with Crippen LogP contribution in [-0.2, 0) is 4.74 Å². The molecule has 0 radical (unpaired) electrons. The molecule has 1 atom stereocenters. The van der Waals surface area contributed by atoms with Gasteiger partial charge in [-0.1, -0.05) is 0 Å². The summed E-state index contributed by atoms with van der Waals surface area (Å²) < 4.78 is 5.01. The van der Waals surface area contributed by atoms with Crippen molar-refractivity contribution in [2.75, 3.05) is 39.3 Å². The summed E-state index contributed by atoms with van der Waals surface area (Å²) in [6.45, 7) is 4.57. The molecule has 0 spiro atoms. The number of amides is 2. The molecule has 3 heterocycles. The second-order valence-corrected chi connectivity index (χ2v) is 8.62. The molecule has 3 aliphatic rings. The second-order valence-electron chi connectivity index (χ2n) is 7.51. The maximum atomic E-state index is 12.4. The van der Waals surface area contributed by atoms with Crippen LogP contribution in [0, 0.1) is 5.92 Å². The van der Waals surface area contributed by atoms with E-state index in [2.05, 4.69) is 16.3 Å². The molecule has 7 heteroatoms. The van der Waals surface area contributed by atoms with Crippen molar-refractivity contribution in [3.63, 3.8) is 0 Å². The predicted octanol–water partition coefficient (Wildman–Crippen LogP) is 2.87. The molecule has 2 aliphatic heterocycles. The SMILES string of the molecule is O=C(NCCN1CCCOC1=O)c1ccc([C@H]2CCCN2CC2CC2)s1. The molecular weight excluding hydrogens is 350 g/mol. The topological polar surface area (TPSA) is 61.9 Å². The van der Waals surface area contributed by atoms with E-state index in [0.29, 0.717) is 32.3 Å². The number of carbonyl (C=O) groups is 2. The molecule has 1 aromatic rings. The van der Waals surface area contributed by atoms with Crippen LogP contribution in [0.4, 0.5) is 4.79 Å². The maximum absolute atomic E-state index is 12.4. The molecule has 0 bridgehead atoms. The molecule has 0 unspecified atom stereocenters. The third kappa shape index (κ3) is 4.20. The summed E-state index contributed by atoms with van der Waals surface area (Å²) in [6.07, 6.45) is 5.79. The number of thiophene rings is 1. The van der Waals surface area contributed by atoms with Crippen molar-refractivity contribution in [2.45, 2.75) is 38.1 Å². The van der Waals surface area contributed by atoms with Gasteiger partial charge < -0.3 is 15.0 Å². The van der Waals surface area contributed by atoms with E-state index in [1.54, 1.807) is 16.2 Å². The number of rotatable bonds is 7. The van der Waals surface area contributed by atoms with Gasteiger partial charge in [0.1, 0.15) is 0 Å². The van der Waals surface area contributed by atoms with E-state index >= 15 is 0 Å². The van der Waals surface area contributed by atoms with Gasteiger partial charge in [-0.3, -0.25) is 9.69 Å². The van der Waals surface area contributed by atoms with Crippen molar-refractivity contribution in [3.8, 4) is 0 Å². The third-order valence-electron chi connectivity index (χ3n) is 5.46. The lowest BCUT2D eigenvalue weighted by Crippen LogP contribution is -2.42. The number of nitrogens with zero attached hydrogens (tertiary/aromatic N) is 2. The molecule has 26 heavy (non-hydrogen) atoms. The first kappa shape index (κ1) is 17.8. The van der Waals surface area contributed by atoms with Crippen LogP contribution in [0.3, 0.4) is 0 Å². The predicted molar refractivity (Wildman–Crippen MR) is 100 cm³/mol. The van der Waals surface area contributed by atoms with Gasteiger partial charge in [-0.05, 0) is 56.7 Å². The normalized spacial score (nSPS) is 23.9. The average Bonchev–Trinajstić information content (AvgIpc) is 3.12. The van der Waals surface area contributed by atoms with Crippen LogP contribution in [0.25, 0.3) is 0 Å². The molecule has 1 saturated carbocycles. The number of hydrogen-bond acceptors (Lipinski definition) is 5. The van der Waals surface area contributed by atoms with E-state index in [0.717, 1.165) is 17.2 Å². The van der Waals surface area contributed by atoms with E-state index in [1.165, 1.54) is 43.6 Å². The molecule has 0 aromatic carbocycles. The van der Waals surface area contributed by atoms with Crippen LogP contribution < -0.4 is 5.32 Å². The lowest BCUT2D eigenvalue weighted by molar-refractivity contribution is 0.0720. The zero-order valence-corrected chi connectivity index (χ0v) is 15.9. The zero-order chi connectivity index (χ0) is 17.9. The quantitative estimate of drug-likeness (QED) is 0.794. The number of likely N-dealkylation sites (tertiary alicyclic amines) is 1. The Hall–Kier alpha value is -1.60. The van der Waals surface area contributed by atoms with Crippen molar-refractivity contribution in [2.24, 2.45) is 5.92 Å². The van der Waals surface area contributed by atoms with Crippen LogP contribution in [0.15, 0.2) is 12.1 Å². The zero-order valence-electron chi connectivity index (χ0n) is 15.1. The van der Waals surface area contributed by atoms with Crippen molar-refractivity contribution >= 4 is 23.3 Å². The van der Waals surface area contributed by atoms with Crippen molar-refractivity contribution in [1.29, 1.82) is 0 Å². The number of cyclic esters (lactones) is 1. The van der Waals surface area contributed by atoms with Gasteiger partial charge in [0.05, 0.1) is 11.5 Å². The van der Waals surface area contributed by atoms with Crippen LogP contribution in [-0.4, -0.2) is 61.1 Å². The number of carbonyl (C=O) groups excluding carboxylic acids is 2. The monoisotopic (exact) mass is 377 g/mol. The standard InChI is InChI=1S/C19H27N3O3S/c23-18(20-8-11-21-10-2-12-25-19(21)24)17-7-6-16(26-17)15-3-1-9-22(15)13-14-4-5-14/h6-7,14-15H,1-5,8-13H2,(H,20,23)/t15-/m1/s1. The van der Waals surface area contributed by atoms with Crippen LogP contribution in [0.2, 0.25) is 0 Å². The Labute approximate surface area is 158 Å². The molecule has 2 saturated heterocycles. The summed E-state index contributed by atoms with van der Waals surface area (Å²) in [5.41, 5.74) is 0. The highest BCUT2D eigenvalue weighted by Gasteiger charge is 2.32. The summed E-state index contributed by atoms with van der Waals surface area (Å²) >= 11 is 1.62. The highest BCUT2D eigenvalue weighted by atomic mass is 32.1. The Morgan fingerprint density at radius 1 is 1.23 bits per heavy atom. The summed E-state index contributed by atoms with van der Waals surface area (Å²) in [5.74, 6) is 0.859. The van der Waals surface area contributed by atoms with Crippen LogP contribution in [0.5, 0.6) is 0 Å². The Morgan fingerprint density at radius 2 is 2.12 bits per heavy atom. The summed E-state index contributed by atoms with van der Waals surface area (Å²) in [4.78, 5) is 30.3. The van der Waals surface area contributed by atoms with E-state index in [1.807, 2.05) is 6.07 Å². The summed E-state index contributed by atoms with van der Waals surface area (Å²) in [7, 11) is 0. The largest absolute Gasteiger partial charge is 0.449 e. The van der Waals surface area contributed by atoms with Crippen molar-refractivity contribution in [1.82, 2.24) is 15.1 Å². The van der Waals surface area contributed by atoms with Gasteiger partial charge in [0, 0.05) is 37.1 Å².